The smallest absolute Gasteiger partial charge is 0.194 e. The SMILES string of the molecule is CC(NC(CO)c1cc(F)c(F)c(F)c1)c1ccc(F)c(F)c1. The van der Waals surface area contributed by atoms with Crippen LogP contribution in [0.3, 0.4) is 0 Å². The number of benzene rings is 2. The highest BCUT2D eigenvalue weighted by Gasteiger charge is 2.19. The Labute approximate surface area is 129 Å². The molecule has 0 saturated heterocycles. The highest BCUT2D eigenvalue weighted by atomic mass is 19.2. The van der Waals surface area contributed by atoms with Crippen molar-refractivity contribution >= 4 is 0 Å². The lowest BCUT2D eigenvalue weighted by atomic mass is 10.0. The summed E-state index contributed by atoms with van der Waals surface area (Å²) in [5, 5.41) is 12.2. The van der Waals surface area contributed by atoms with E-state index in [1.807, 2.05) is 0 Å². The Bertz CT molecular complexity index is 684. The number of rotatable bonds is 5. The normalized spacial score (nSPS) is 13.9. The molecule has 0 aliphatic carbocycles. The Balaban J connectivity index is 2.23. The molecule has 2 aromatic carbocycles. The minimum atomic E-state index is -1.60. The van der Waals surface area contributed by atoms with Crippen LogP contribution in [0, 0.1) is 29.1 Å². The van der Waals surface area contributed by atoms with Gasteiger partial charge in [-0.05, 0) is 42.3 Å². The summed E-state index contributed by atoms with van der Waals surface area (Å²) in [6, 6.07) is 3.34. The van der Waals surface area contributed by atoms with E-state index in [-0.39, 0.29) is 5.56 Å². The molecule has 2 aromatic rings. The molecule has 2 N–H and O–H groups in total. The van der Waals surface area contributed by atoms with Crippen molar-refractivity contribution < 1.29 is 27.1 Å². The van der Waals surface area contributed by atoms with Crippen molar-refractivity contribution in [1.82, 2.24) is 5.32 Å². The lowest BCUT2D eigenvalue weighted by molar-refractivity contribution is 0.234. The van der Waals surface area contributed by atoms with Gasteiger partial charge in [-0.25, -0.2) is 22.0 Å². The molecule has 0 fully saturated rings. The zero-order valence-electron chi connectivity index (χ0n) is 12.1. The number of hydrogen-bond donors (Lipinski definition) is 2. The van der Waals surface area contributed by atoms with Gasteiger partial charge >= 0.3 is 0 Å². The Morgan fingerprint density at radius 1 is 0.870 bits per heavy atom. The Morgan fingerprint density at radius 3 is 1.96 bits per heavy atom. The summed E-state index contributed by atoms with van der Waals surface area (Å²) in [4.78, 5) is 0. The zero-order valence-corrected chi connectivity index (χ0v) is 12.1. The lowest BCUT2D eigenvalue weighted by Crippen LogP contribution is -2.27. The van der Waals surface area contributed by atoms with Crippen LogP contribution in [-0.4, -0.2) is 11.7 Å². The summed E-state index contributed by atoms with van der Waals surface area (Å²) in [5.74, 6) is -6.38. The highest BCUT2D eigenvalue weighted by molar-refractivity contribution is 5.25. The molecular formula is C16H14F5NO. The maximum Gasteiger partial charge on any atom is 0.194 e. The van der Waals surface area contributed by atoms with Crippen LogP contribution in [0.2, 0.25) is 0 Å². The molecule has 0 aliphatic heterocycles. The third-order valence-corrected chi connectivity index (χ3v) is 3.49. The first kappa shape index (κ1) is 17.4. The van der Waals surface area contributed by atoms with Gasteiger partial charge in [0.05, 0.1) is 12.6 Å². The fraction of sp³-hybridized carbons (Fsp3) is 0.250. The maximum absolute atomic E-state index is 13.3. The molecule has 0 radical (unpaired) electrons. The first-order valence-electron chi connectivity index (χ1n) is 6.79. The van der Waals surface area contributed by atoms with Gasteiger partial charge in [-0.2, -0.15) is 0 Å². The molecule has 2 unspecified atom stereocenters. The van der Waals surface area contributed by atoms with Crippen LogP contribution in [0.15, 0.2) is 30.3 Å². The quantitative estimate of drug-likeness (QED) is 0.646. The van der Waals surface area contributed by atoms with Crippen molar-refractivity contribution in [3.05, 3.63) is 70.5 Å². The fourth-order valence-electron chi connectivity index (χ4n) is 2.21. The van der Waals surface area contributed by atoms with Crippen LogP contribution in [0.4, 0.5) is 22.0 Å². The Morgan fingerprint density at radius 2 is 1.43 bits per heavy atom. The van der Waals surface area contributed by atoms with Crippen molar-refractivity contribution in [3.63, 3.8) is 0 Å². The average Bonchev–Trinajstić information content (AvgIpc) is 2.52. The minimum absolute atomic E-state index is 0.00154. The number of halogens is 5. The van der Waals surface area contributed by atoms with Gasteiger partial charge in [0.15, 0.2) is 29.1 Å². The van der Waals surface area contributed by atoms with Gasteiger partial charge in [0, 0.05) is 6.04 Å². The van der Waals surface area contributed by atoms with Crippen LogP contribution < -0.4 is 5.32 Å². The summed E-state index contributed by atoms with van der Waals surface area (Å²) in [6.45, 7) is 1.07. The van der Waals surface area contributed by atoms with Gasteiger partial charge in [-0.3, -0.25) is 0 Å². The summed E-state index contributed by atoms with van der Waals surface area (Å²) in [7, 11) is 0. The summed E-state index contributed by atoms with van der Waals surface area (Å²) < 4.78 is 65.7. The van der Waals surface area contributed by atoms with E-state index in [4.69, 9.17) is 0 Å². The first-order valence-corrected chi connectivity index (χ1v) is 6.79. The Hall–Kier alpha value is -1.99. The van der Waals surface area contributed by atoms with E-state index in [0.717, 1.165) is 24.3 Å². The van der Waals surface area contributed by atoms with Crippen molar-refractivity contribution in [2.24, 2.45) is 0 Å². The van der Waals surface area contributed by atoms with Gasteiger partial charge < -0.3 is 10.4 Å². The molecule has 2 rings (SSSR count). The summed E-state index contributed by atoms with van der Waals surface area (Å²) in [6.07, 6.45) is 0. The average molecular weight is 331 g/mol. The maximum atomic E-state index is 13.3. The summed E-state index contributed by atoms with van der Waals surface area (Å²) >= 11 is 0. The zero-order chi connectivity index (χ0) is 17.1. The predicted octanol–water partition coefficient (Wildman–Crippen LogP) is 3.77. The van der Waals surface area contributed by atoms with E-state index >= 15 is 0 Å². The summed E-state index contributed by atoms with van der Waals surface area (Å²) in [5.41, 5.74) is 0.378. The molecule has 0 bridgehead atoms. The van der Waals surface area contributed by atoms with Crippen molar-refractivity contribution in [1.29, 1.82) is 0 Å². The third kappa shape index (κ3) is 3.86. The van der Waals surface area contributed by atoms with Gasteiger partial charge in [-0.1, -0.05) is 6.07 Å². The van der Waals surface area contributed by atoms with E-state index in [1.165, 1.54) is 6.07 Å². The largest absolute Gasteiger partial charge is 0.394 e. The van der Waals surface area contributed by atoms with Gasteiger partial charge in [0.1, 0.15) is 0 Å². The molecule has 0 aromatic heterocycles. The first-order chi connectivity index (χ1) is 10.8. The second kappa shape index (κ2) is 7.06. The van der Waals surface area contributed by atoms with Crippen LogP contribution in [0.5, 0.6) is 0 Å². The van der Waals surface area contributed by atoms with E-state index in [9.17, 15) is 27.1 Å². The van der Waals surface area contributed by atoms with Gasteiger partial charge in [0.2, 0.25) is 0 Å². The number of aliphatic hydroxyl groups is 1. The predicted molar refractivity (Wildman–Crippen MR) is 74.1 cm³/mol. The van der Waals surface area contributed by atoms with Gasteiger partial charge in [0.25, 0.3) is 0 Å². The molecule has 2 atom stereocenters. The van der Waals surface area contributed by atoms with Crippen LogP contribution in [0.1, 0.15) is 30.1 Å². The molecule has 0 heterocycles. The lowest BCUT2D eigenvalue weighted by Gasteiger charge is -2.23. The molecule has 124 valence electrons. The van der Waals surface area contributed by atoms with E-state index < -0.39 is 47.8 Å². The molecule has 0 amide bonds. The van der Waals surface area contributed by atoms with Crippen LogP contribution in [0.25, 0.3) is 0 Å². The van der Waals surface area contributed by atoms with E-state index in [2.05, 4.69) is 5.32 Å². The topological polar surface area (TPSA) is 32.3 Å². The third-order valence-electron chi connectivity index (χ3n) is 3.49. The monoisotopic (exact) mass is 331 g/mol. The number of hydrogen-bond acceptors (Lipinski definition) is 2. The van der Waals surface area contributed by atoms with Crippen molar-refractivity contribution in [3.8, 4) is 0 Å². The Kier molecular flexibility index (Phi) is 5.33. The van der Waals surface area contributed by atoms with Crippen molar-refractivity contribution in [2.75, 3.05) is 6.61 Å². The fourth-order valence-corrected chi connectivity index (χ4v) is 2.21. The van der Waals surface area contributed by atoms with Crippen molar-refractivity contribution in [2.45, 2.75) is 19.0 Å². The number of nitrogens with one attached hydrogen (secondary N) is 1. The molecule has 2 nitrogen and oxygen atoms in total. The second-order valence-electron chi connectivity index (χ2n) is 5.10. The minimum Gasteiger partial charge on any atom is -0.394 e. The molecule has 0 aliphatic rings. The second-order valence-corrected chi connectivity index (χ2v) is 5.10. The molecule has 0 saturated carbocycles. The standard InChI is InChI=1S/C16H14F5NO/c1-8(9-2-3-11(17)12(18)4-9)22-15(7-23)10-5-13(19)16(21)14(20)6-10/h2-6,8,15,22-23H,7H2,1H3. The highest BCUT2D eigenvalue weighted by Crippen LogP contribution is 2.23. The molecule has 0 spiro atoms. The van der Waals surface area contributed by atoms with Gasteiger partial charge in [-0.15, -0.1) is 0 Å². The van der Waals surface area contributed by atoms with Crippen LogP contribution in [-0.2, 0) is 0 Å². The van der Waals surface area contributed by atoms with E-state index in [1.54, 1.807) is 6.92 Å². The molecule has 23 heavy (non-hydrogen) atoms. The molecule has 7 heteroatoms. The number of aliphatic hydroxyl groups excluding tert-OH is 1. The van der Waals surface area contributed by atoms with Crippen LogP contribution >= 0.6 is 0 Å². The molecular weight excluding hydrogens is 317 g/mol. The van der Waals surface area contributed by atoms with E-state index in [0.29, 0.717) is 5.56 Å².